The van der Waals surface area contributed by atoms with Crippen LogP contribution in [0.3, 0.4) is 0 Å². The number of rotatable bonds is 2. The Bertz CT molecular complexity index is 894. The Morgan fingerprint density at radius 3 is 2.48 bits per heavy atom. The molecular formula is C16H12N4S. The normalized spacial score (nSPS) is 11.0. The maximum absolute atomic E-state index is 6.35. The third-order valence-electron chi connectivity index (χ3n) is 3.42. The fraction of sp³-hybridized carbons (Fsp3) is 0. The van der Waals surface area contributed by atoms with Gasteiger partial charge in [0.1, 0.15) is 11.5 Å². The number of benzene rings is 1. The molecule has 0 aliphatic rings. The number of pyridine rings is 1. The molecule has 4 nitrogen and oxygen atoms in total. The lowest BCUT2D eigenvalue weighted by molar-refractivity contribution is 1.23. The standard InChI is InChI=1S/C16H12N4S/c17-15-14(12-4-2-1-3-5-12)19-16-20(15)13(10-21-16)11-6-8-18-9-7-11/h1-10H,17H2. The number of nitrogens with two attached hydrogens (primary N) is 1. The van der Waals surface area contributed by atoms with Gasteiger partial charge in [-0.1, -0.05) is 30.3 Å². The molecule has 0 atom stereocenters. The predicted octanol–water partition coefficient (Wildman–Crippen LogP) is 3.71. The van der Waals surface area contributed by atoms with E-state index in [1.165, 1.54) is 0 Å². The Hall–Kier alpha value is -2.66. The zero-order chi connectivity index (χ0) is 14.2. The first-order valence-corrected chi connectivity index (χ1v) is 7.44. The number of anilines is 1. The number of aromatic nitrogens is 3. The number of nitrogen functional groups attached to an aromatic ring is 1. The van der Waals surface area contributed by atoms with Crippen LogP contribution in [0, 0.1) is 0 Å². The van der Waals surface area contributed by atoms with E-state index in [9.17, 15) is 0 Å². The number of nitrogens with zero attached hydrogens (tertiary/aromatic N) is 3. The Labute approximate surface area is 125 Å². The fourth-order valence-electron chi connectivity index (χ4n) is 2.41. The molecule has 0 unspecified atom stereocenters. The van der Waals surface area contributed by atoms with E-state index in [-0.39, 0.29) is 0 Å². The molecule has 0 saturated carbocycles. The van der Waals surface area contributed by atoms with E-state index in [0.717, 1.165) is 27.5 Å². The SMILES string of the molecule is Nc1c(-c2ccccc2)nc2scc(-c3ccncc3)n12. The molecule has 4 rings (SSSR count). The smallest absolute Gasteiger partial charge is 0.196 e. The van der Waals surface area contributed by atoms with E-state index in [1.54, 1.807) is 23.7 Å². The van der Waals surface area contributed by atoms with E-state index in [2.05, 4.69) is 15.3 Å². The molecule has 0 aliphatic carbocycles. The predicted molar refractivity (Wildman–Crippen MR) is 86.1 cm³/mol. The summed E-state index contributed by atoms with van der Waals surface area (Å²) in [6.07, 6.45) is 3.56. The van der Waals surface area contributed by atoms with Gasteiger partial charge in [-0.25, -0.2) is 4.98 Å². The minimum atomic E-state index is 0.671. The highest BCUT2D eigenvalue weighted by molar-refractivity contribution is 7.15. The van der Waals surface area contributed by atoms with Gasteiger partial charge in [-0.2, -0.15) is 0 Å². The van der Waals surface area contributed by atoms with Crippen LogP contribution in [0.25, 0.3) is 27.5 Å². The van der Waals surface area contributed by atoms with Gasteiger partial charge in [-0.05, 0) is 12.1 Å². The minimum Gasteiger partial charge on any atom is -0.383 e. The van der Waals surface area contributed by atoms with Crippen molar-refractivity contribution in [1.29, 1.82) is 0 Å². The lowest BCUT2D eigenvalue weighted by Gasteiger charge is -2.02. The van der Waals surface area contributed by atoms with Gasteiger partial charge in [0.25, 0.3) is 0 Å². The number of hydrogen-bond donors (Lipinski definition) is 1. The fourth-order valence-corrected chi connectivity index (χ4v) is 3.32. The Kier molecular flexibility index (Phi) is 2.72. The van der Waals surface area contributed by atoms with Crippen LogP contribution in [-0.2, 0) is 0 Å². The summed E-state index contributed by atoms with van der Waals surface area (Å²) in [5, 5.41) is 2.07. The summed E-state index contributed by atoms with van der Waals surface area (Å²) in [6, 6.07) is 14.0. The first kappa shape index (κ1) is 12.1. The topological polar surface area (TPSA) is 56.2 Å². The molecule has 0 aliphatic heterocycles. The molecule has 102 valence electrons. The van der Waals surface area contributed by atoms with Gasteiger partial charge < -0.3 is 5.73 Å². The molecule has 3 heterocycles. The zero-order valence-electron chi connectivity index (χ0n) is 11.1. The molecule has 0 saturated heterocycles. The van der Waals surface area contributed by atoms with E-state index in [0.29, 0.717) is 5.82 Å². The zero-order valence-corrected chi connectivity index (χ0v) is 11.9. The van der Waals surface area contributed by atoms with Crippen LogP contribution in [0.2, 0.25) is 0 Å². The molecule has 0 bridgehead atoms. The Balaban J connectivity index is 1.95. The van der Waals surface area contributed by atoms with Crippen LogP contribution >= 0.6 is 11.3 Å². The van der Waals surface area contributed by atoms with Crippen molar-refractivity contribution in [2.45, 2.75) is 0 Å². The van der Waals surface area contributed by atoms with Crippen molar-refractivity contribution in [1.82, 2.24) is 14.4 Å². The average Bonchev–Trinajstić information content (AvgIpc) is 3.10. The lowest BCUT2D eigenvalue weighted by atomic mass is 10.1. The second-order valence-electron chi connectivity index (χ2n) is 4.69. The second-order valence-corrected chi connectivity index (χ2v) is 5.52. The molecule has 4 aromatic rings. The van der Waals surface area contributed by atoms with Crippen LogP contribution in [0.1, 0.15) is 0 Å². The van der Waals surface area contributed by atoms with Crippen LogP contribution in [-0.4, -0.2) is 14.4 Å². The summed E-state index contributed by atoms with van der Waals surface area (Å²) in [7, 11) is 0. The van der Waals surface area contributed by atoms with Crippen molar-refractivity contribution in [3.63, 3.8) is 0 Å². The summed E-state index contributed by atoms with van der Waals surface area (Å²) in [6.45, 7) is 0. The molecule has 21 heavy (non-hydrogen) atoms. The van der Waals surface area contributed by atoms with Gasteiger partial charge in [-0.3, -0.25) is 9.38 Å². The lowest BCUT2D eigenvalue weighted by Crippen LogP contribution is -1.95. The van der Waals surface area contributed by atoms with Crippen molar-refractivity contribution in [3.8, 4) is 22.5 Å². The van der Waals surface area contributed by atoms with E-state index in [4.69, 9.17) is 5.73 Å². The van der Waals surface area contributed by atoms with E-state index in [1.807, 2.05) is 46.9 Å². The minimum absolute atomic E-state index is 0.671. The van der Waals surface area contributed by atoms with Gasteiger partial charge in [0.15, 0.2) is 4.96 Å². The van der Waals surface area contributed by atoms with E-state index >= 15 is 0 Å². The molecule has 0 fully saturated rings. The average molecular weight is 292 g/mol. The molecule has 0 radical (unpaired) electrons. The van der Waals surface area contributed by atoms with Gasteiger partial charge in [-0.15, -0.1) is 11.3 Å². The summed E-state index contributed by atoms with van der Waals surface area (Å²) in [5.41, 5.74) is 10.3. The molecule has 5 heteroatoms. The number of hydrogen-bond acceptors (Lipinski definition) is 4. The Morgan fingerprint density at radius 1 is 0.952 bits per heavy atom. The molecular weight excluding hydrogens is 280 g/mol. The monoisotopic (exact) mass is 292 g/mol. The maximum atomic E-state index is 6.35. The highest BCUT2D eigenvalue weighted by Gasteiger charge is 2.16. The number of fused-ring (bicyclic) bond motifs is 1. The van der Waals surface area contributed by atoms with Crippen molar-refractivity contribution in [2.75, 3.05) is 5.73 Å². The molecule has 1 aromatic carbocycles. The van der Waals surface area contributed by atoms with Crippen molar-refractivity contribution >= 4 is 22.1 Å². The second kappa shape index (κ2) is 4.71. The highest BCUT2D eigenvalue weighted by Crippen LogP contribution is 2.33. The molecule has 3 aromatic heterocycles. The largest absolute Gasteiger partial charge is 0.383 e. The summed E-state index contributed by atoms with van der Waals surface area (Å²) in [4.78, 5) is 9.63. The van der Waals surface area contributed by atoms with Crippen LogP contribution in [0.4, 0.5) is 5.82 Å². The van der Waals surface area contributed by atoms with Gasteiger partial charge in [0.05, 0.1) is 5.69 Å². The Morgan fingerprint density at radius 2 is 1.71 bits per heavy atom. The first-order chi connectivity index (χ1) is 10.3. The first-order valence-electron chi connectivity index (χ1n) is 6.56. The summed E-state index contributed by atoms with van der Waals surface area (Å²) in [5.74, 6) is 0.671. The summed E-state index contributed by atoms with van der Waals surface area (Å²) >= 11 is 1.59. The third kappa shape index (κ3) is 1.90. The van der Waals surface area contributed by atoms with E-state index < -0.39 is 0 Å². The highest BCUT2D eigenvalue weighted by atomic mass is 32.1. The van der Waals surface area contributed by atoms with Crippen molar-refractivity contribution < 1.29 is 0 Å². The quantitative estimate of drug-likeness (QED) is 0.613. The molecule has 0 spiro atoms. The van der Waals surface area contributed by atoms with Crippen LogP contribution in [0.5, 0.6) is 0 Å². The number of thiazole rings is 1. The van der Waals surface area contributed by atoms with Gasteiger partial charge in [0.2, 0.25) is 0 Å². The maximum Gasteiger partial charge on any atom is 0.196 e. The summed E-state index contributed by atoms with van der Waals surface area (Å²) < 4.78 is 2.00. The number of imidazole rings is 1. The molecule has 0 amide bonds. The van der Waals surface area contributed by atoms with Crippen LogP contribution in [0.15, 0.2) is 60.2 Å². The van der Waals surface area contributed by atoms with Crippen molar-refractivity contribution in [2.24, 2.45) is 0 Å². The van der Waals surface area contributed by atoms with Crippen molar-refractivity contribution in [3.05, 3.63) is 60.2 Å². The van der Waals surface area contributed by atoms with Gasteiger partial charge in [0, 0.05) is 28.9 Å². The van der Waals surface area contributed by atoms with Gasteiger partial charge >= 0.3 is 0 Å². The molecule has 2 N–H and O–H groups in total. The van der Waals surface area contributed by atoms with Crippen LogP contribution < -0.4 is 5.73 Å². The third-order valence-corrected chi connectivity index (χ3v) is 4.25.